The molecular formula is C13H16N4. The quantitative estimate of drug-likeness (QED) is 0.848. The number of hydrogen-bond donors (Lipinski definition) is 2. The van der Waals surface area contributed by atoms with Gasteiger partial charge in [-0.25, -0.2) is 9.97 Å². The summed E-state index contributed by atoms with van der Waals surface area (Å²) >= 11 is 0. The largest absolute Gasteiger partial charge is 0.388 e. The summed E-state index contributed by atoms with van der Waals surface area (Å²) in [6.45, 7) is 3.85. The number of rotatable bonds is 3. The van der Waals surface area contributed by atoms with Crippen LogP contribution in [0.15, 0.2) is 30.3 Å². The van der Waals surface area contributed by atoms with Crippen molar-refractivity contribution in [3.63, 3.8) is 0 Å². The van der Waals surface area contributed by atoms with Crippen molar-refractivity contribution in [3.05, 3.63) is 41.9 Å². The van der Waals surface area contributed by atoms with Crippen molar-refractivity contribution in [2.75, 3.05) is 17.7 Å². The minimum absolute atomic E-state index is 0.777. The van der Waals surface area contributed by atoms with Crippen molar-refractivity contribution in [2.24, 2.45) is 0 Å². The van der Waals surface area contributed by atoms with Gasteiger partial charge in [-0.2, -0.15) is 0 Å². The molecule has 2 rings (SSSR count). The van der Waals surface area contributed by atoms with Gasteiger partial charge in [-0.1, -0.05) is 0 Å². The fourth-order valence-electron chi connectivity index (χ4n) is 1.65. The van der Waals surface area contributed by atoms with Crippen LogP contribution in [0.5, 0.6) is 0 Å². The van der Waals surface area contributed by atoms with E-state index in [-0.39, 0.29) is 0 Å². The molecule has 17 heavy (non-hydrogen) atoms. The minimum atomic E-state index is 0.777. The number of hydrogen-bond acceptors (Lipinski definition) is 4. The maximum atomic E-state index is 4.33. The highest BCUT2D eigenvalue weighted by molar-refractivity contribution is 5.60. The Morgan fingerprint density at radius 3 is 2.18 bits per heavy atom. The normalized spacial score (nSPS) is 10.1. The summed E-state index contributed by atoms with van der Waals surface area (Å²) in [5, 5.41) is 6.34. The van der Waals surface area contributed by atoms with Crippen LogP contribution in [-0.2, 0) is 0 Å². The molecule has 0 aliphatic heterocycles. The van der Waals surface area contributed by atoms with Crippen LogP contribution in [0.4, 0.5) is 17.2 Å². The molecule has 0 amide bonds. The van der Waals surface area contributed by atoms with Gasteiger partial charge in [-0.15, -0.1) is 0 Å². The molecule has 1 aromatic carbocycles. The number of anilines is 3. The van der Waals surface area contributed by atoms with E-state index in [4.69, 9.17) is 0 Å². The fraction of sp³-hybridized carbons (Fsp3) is 0.231. The minimum Gasteiger partial charge on any atom is -0.388 e. The third-order valence-electron chi connectivity index (χ3n) is 2.41. The Balaban J connectivity index is 2.19. The van der Waals surface area contributed by atoms with Crippen LogP contribution in [0.2, 0.25) is 0 Å². The number of aromatic nitrogens is 2. The third-order valence-corrected chi connectivity index (χ3v) is 2.41. The van der Waals surface area contributed by atoms with E-state index in [1.54, 1.807) is 0 Å². The molecule has 4 nitrogen and oxygen atoms in total. The molecule has 0 saturated heterocycles. The number of benzene rings is 1. The van der Waals surface area contributed by atoms with Crippen LogP contribution >= 0.6 is 0 Å². The SMILES string of the molecule is CNc1ccc(Nc2cc(C)nc(C)n2)cc1. The van der Waals surface area contributed by atoms with Crippen molar-refractivity contribution in [1.82, 2.24) is 9.97 Å². The van der Waals surface area contributed by atoms with Crippen molar-refractivity contribution in [2.45, 2.75) is 13.8 Å². The molecular weight excluding hydrogens is 212 g/mol. The van der Waals surface area contributed by atoms with Crippen LogP contribution in [0.25, 0.3) is 0 Å². The molecule has 0 atom stereocenters. The second kappa shape index (κ2) is 4.82. The van der Waals surface area contributed by atoms with Crippen LogP contribution in [0.1, 0.15) is 11.5 Å². The van der Waals surface area contributed by atoms with E-state index < -0.39 is 0 Å². The van der Waals surface area contributed by atoms with Crippen LogP contribution in [0, 0.1) is 13.8 Å². The highest BCUT2D eigenvalue weighted by atomic mass is 15.0. The summed E-state index contributed by atoms with van der Waals surface area (Å²) in [7, 11) is 1.90. The predicted octanol–water partition coefficient (Wildman–Crippen LogP) is 2.88. The monoisotopic (exact) mass is 228 g/mol. The lowest BCUT2D eigenvalue weighted by molar-refractivity contribution is 1.02. The molecule has 0 fully saturated rings. The average molecular weight is 228 g/mol. The average Bonchev–Trinajstić information content (AvgIpc) is 2.28. The van der Waals surface area contributed by atoms with Gasteiger partial charge in [0.15, 0.2) is 0 Å². The van der Waals surface area contributed by atoms with Crippen LogP contribution in [-0.4, -0.2) is 17.0 Å². The molecule has 0 saturated carbocycles. The third kappa shape index (κ3) is 2.93. The number of nitrogens with one attached hydrogen (secondary N) is 2. The molecule has 2 N–H and O–H groups in total. The molecule has 0 aliphatic carbocycles. The first-order valence-corrected chi connectivity index (χ1v) is 5.54. The summed E-state index contributed by atoms with van der Waals surface area (Å²) in [6.07, 6.45) is 0. The number of aryl methyl sites for hydroxylation is 2. The second-order valence-electron chi connectivity index (χ2n) is 3.89. The van der Waals surface area contributed by atoms with E-state index in [1.807, 2.05) is 51.2 Å². The van der Waals surface area contributed by atoms with E-state index >= 15 is 0 Å². The Labute approximate surface area is 101 Å². The molecule has 4 heteroatoms. The van der Waals surface area contributed by atoms with Gasteiger partial charge < -0.3 is 10.6 Å². The van der Waals surface area contributed by atoms with Gasteiger partial charge in [0.2, 0.25) is 0 Å². The molecule has 0 aliphatic rings. The predicted molar refractivity (Wildman–Crippen MR) is 70.8 cm³/mol. The zero-order valence-corrected chi connectivity index (χ0v) is 10.3. The summed E-state index contributed by atoms with van der Waals surface area (Å²) in [4.78, 5) is 8.58. The molecule has 0 bridgehead atoms. The fourth-order valence-corrected chi connectivity index (χ4v) is 1.65. The molecule has 88 valence electrons. The van der Waals surface area contributed by atoms with E-state index in [1.165, 1.54) is 0 Å². The van der Waals surface area contributed by atoms with Crippen molar-refractivity contribution in [3.8, 4) is 0 Å². The zero-order valence-electron chi connectivity index (χ0n) is 10.3. The molecule has 0 spiro atoms. The van der Waals surface area contributed by atoms with Crippen molar-refractivity contribution < 1.29 is 0 Å². The van der Waals surface area contributed by atoms with E-state index in [2.05, 4.69) is 20.6 Å². The van der Waals surface area contributed by atoms with Gasteiger partial charge in [-0.05, 0) is 38.1 Å². The van der Waals surface area contributed by atoms with E-state index in [9.17, 15) is 0 Å². The summed E-state index contributed by atoms with van der Waals surface area (Å²) in [5.74, 6) is 1.60. The van der Waals surface area contributed by atoms with E-state index in [0.29, 0.717) is 0 Å². The van der Waals surface area contributed by atoms with Gasteiger partial charge >= 0.3 is 0 Å². The Morgan fingerprint density at radius 2 is 1.59 bits per heavy atom. The first-order chi connectivity index (χ1) is 8.17. The molecule has 1 aromatic heterocycles. The van der Waals surface area contributed by atoms with Gasteiger partial charge in [-0.3, -0.25) is 0 Å². The maximum Gasteiger partial charge on any atom is 0.134 e. The Morgan fingerprint density at radius 1 is 0.941 bits per heavy atom. The Kier molecular flexibility index (Phi) is 3.23. The lowest BCUT2D eigenvalue weighted by Gasteiger charge is -2.08. The zero-order chi connectivity index (χ0) is 12.3. The van der Waals surface area contributed by atoms with Gasteiger partial charge in [0.05, 0.1) is 0 Å². The van der Waals surface area contributed by atoms with Crippen LogP contribution in [0.3, 0.4) is 0 Å². The van der Waals surface area contributed by atoms with Crippen molar-refractivity contribution >= 4 is 17.2 Å². The molecule has 0 unspecified atom stereocenters. The van der Waals surface area contributed by atoms with Gasteiger partial charge in [0, 0.05) is 30.2 Å². The Bertz CT molecular complexity index is 485. The lowest BCUT2D eigenvalue weighted by Crippen LogP contribution is -1.98. The highest BCUT2D eigenvalue weighted by Crippen LogP contribution is 2.17. The van der Waals surface area contributed by atoms with Crippen LogP contribution < -0.4 is 10.6 Å². The molecule has 2 aromatic rings. The summed E-state index contributed by atoms with van der Waals surface area (Å²) < 4.78 is 0. The van der Waals surface area contributed by atoms with E-state index in [0.717, 1.165) is 28.7 Å². The maximum absolute atomic E-state index is 4.33. The Hall–Kier alpha value is -2.10. The second-order valence-corrected chi connectivity index (χ2v) is 3.89. The smallest absolute Gasteiger partial charge is 0.134 e. The molecule has 1 heterocycles. The number of nitrogens with zero attached hydrogens (tertiary/aromatic N) is 2. The topological polar surface area (TPSA) is 49.8 Å². The summed E-state index contributed by atoms with van der Waals surface area (Å²) in [6, 6.07) is 9.99. The first kappa shape index (κ1) is 11.4. The standard InChI is InChI=1S/C13H16N4/c1-9-8-13(16-10(2)15-9)17-12-6-4-11(14-3)5-7-12/h4-8,14H,1-3H3,(H,15,16,17). The lowest BCUT2D eigenvalue weighted by atomic mass is 10.3. The van der Waals surface area contributed by atoms with Crippen molar-refractivity contribution in [1.29, 1.82) is 0 Å². The first-order valence-electron chi connectivity index (χ1n) is 5.54. The van der Waals surface area contributed by atoms with Gasteiger partial charge in [0.25, 0.3) is 0 Å². The molecule has 0 radical (unpaired) electrons. The highest BCUT2D eigenvalue weighted by Gasteiger charge is 1.99. The van der Waals surface area contributed by atoms with Gasteiger partial charge in [0.1, 0.15) is 11.6 Å². The summed E-state index contributed by atoms with van der Waals surface area (Å²) in [5.41, 5.74) is 3.07.